The first kappa shape index (κ1) is 50.5. The van der Waals surface area contributed by atoms with Gasteiger partial charge in [-0.2, -0.15) is 8.42 Å². The third-order valence-corrected chi connectivity index (χ3v) is 6.92. The summed E-state index contributed by atoms with van der Waals surface area (Å²) in [6.07, 6.45) is -7.51. The van der Waals surface area contributed by atoms with Crippen molar-refractivity contribution in [1.29, 1.82) is 0 Å². The number of carbonyl (C=O) groups is 3. The summed E-state index contributed by atoms with van der Waals surface area (Å²) in [7, 11) is -0.920. The van der Waals surface area contributed by atoms with Crippen LogP contribution in [0.4, 0.5) is 0 Å². The molecule has 53 heavy (non-hydrogen) atoms. The number of aldehydes is 1. The summed E-state index contributed by atoms with van der Waals surface area (Å²) in [5.41, 5.74) is 0. The number of hydrogen-bond acceptors (Lipinski definition) is 19. The first-order chi connectivity index (χ1) is 25.0. The van der Waals surface area contributed by atoms with Crippen molar-refractivity contribution >= 4 is 28.2 Å². The topological polar surface area (TPSA) is 294 Å². The molecule has 20 nitrogen and oxygen atoms in total. The van der Waals surface area contributed by atoms with Gasteiger partial charge >= 0.3 is 5.97 Å². The van der Waals surface area contributed by atoms with Crippen LogP contribution in [0, 0.1) is 0 Å². The second-order valence-electron chi connectivity index (χ2n) is 11.2. The van der Waals surface area contributed by atoms with Crippen LogP contribution in [0.15, 0.2) is 16.5 Å². The molecule has 310 valence electrons. The van der Waals surface area contributed by atoms with Crippen molar-refractivity contribution in [3.63, 3.8) is 0 Å². The lowest BCUT2D eigenvalue weighted by molar-refractivity contribution is -0.340. The van der Waals surface area contributed by atoms with E-state index in [2.05, 4.69) is 4.74 Å². The molecular weight excluding hydrogens is 736 g/mol. The first-order valence-corrected chi connectivity index (χ1v) is 18.4. The second-order valence-corrected chi connectivity index (χ2v) is 12.7. The zero-order chi connectivity index (χ0) is 40.7. The number of carbonyl (C=O) groups excluding carboxylic acids is 3. The maximum absolute atomic E-state index is 10.6. The fourth-order valence-corrected chi connectivity index (χ4v) is 4.63. The Morgan fingerprint density at radius 2 is 1.55 bits per heavy atom. The Morgan fingerprint density at radius 3 is 2.02 bits per heavy atom. The van der Waals surface area contributed by atoms with E-state index in [1.807, 2.05) is 6.92 Å². The van der Waals surface area contributed by atoms with Crippen molar-refractivity contribution in [2.45, 2.75) is 109 Å². The molecule has 0 saturated carbocycles. The molecule has 1 aromatic heterocycles. The highest BCUT2D eigenvalue weighted by atomic mass is 32.2. The molecule has 4 heterocycles. The van der Waals surface area contributed by atoms with Crippen LogP contribution in [0.1, 0.15) is 56.9 Å². The summed E-state index contributed by atoms with van der Waals surface area (Å²) in [6, 6.07) is 3.36. The quantitative estimate of drug-likeness (QED) is 0.0794. The van der Waals surface area contributed by atoms with Crippen LogP contribution < -0.4 is 0 Å². The molecule has 3 aliphatic heterocycles. The normalized spacial score (nSPS) is 28.6. The summed E-state index contributed by atoms with van der Waals surface area (Å²) in [5, 5.41) is 47.4. The lowest BCUT2D eigenvalue weighted by Crippen LogP contribution is -2.62. The van der Waals surface area contributed by atoms with E-state index in [0.717, 1.165) is 0 Å². The van der Waals surface area contributed by atoms with Crippen LogP contribution in [0.3, 0.4) is 0 Å². The van der Waals surface area contributed by atoms with Gasteiger partial charge in [-0.1, -0.05) is 0 Å². The summed E-state index contributed by atoms with van der Waals surface area (Å²) in [4.78, 5) is 31.1. The minimum Gasteiger partial charge on any atom is -0.466 e. The summed E-state index contributed by atoms with van der Waals surface area (Å²) < 4.78 is 73.0. The van der Waals surface area contributed by atoms with E-state index in [0.29, 0.717) is 50.3 Å². The molecule has 3 aliphatic rings. The van der Waals surface area contributed by atoms with Crippen LogP contribution in [0.5, 0.6) is 0 Å². The highest BCUT2D eigenvalue weighted by Crippen LogP contribution is 2.35. The minimum absolute atomic E-state index is 0.0213. The molecule has 1 aromatic rings. The van der Waals surface area contributed by atoms with Crippen molar-refractivity contribution in [1.82, 2.24) is 0 Å². The van der Waals surface area contributed by atoms with E-state index in [4.69, 9.17) is 47.2 Å². The lowest BCUT2D eigenvalue weighted by atomic mass is 9.98. The molecular formula is C32H56O20S. The number of rotatable bonds is 13. The van der Waals surface area contributed by atoms with Gasteiger partial charge in [0.2, 0.25) is 0 Å². The van der Waals surface area contributed by atoms with Gasteiger partial charge in [0.1, 0.15) is 67.0 Å². The van der Waals surface area contributed by atoms with Gasteiger partial charge in [0, 0.05) is 33.9 Å². The minimum atomic E-state index is -3.67. The molecule has 21 heteroatoms. The number of ether oxygens (including phenoxy) is 8. The van der Waals surface area contributed by atoms with Crippen LogP contribution in [0.25, 0.3) is 0 Å². The Morgan fingerprint density at radius 1 is 0.925 bits per heavy atom. The summed E-state index contributed by atoms with van der Waals surface area (Å²) in [6.45, 7) is 8.24. The van der Waals surface area contributed by atoms with Gasteiger partial charge in [-0.3, -0.25) is 14.1 Å². The van der Waals surface area contributed by atoms with Crippen molar-refractivity contribution < 1.29 is 95.2 Å². The highest BCUT2D eigenvalue weighted by molar-refractivity contribution is 7.85. The molecule has 3 saturated heterocycles. The fraction of sp³-hybridized carbons (Fsp3) is 0.781. The molecule has 0 aromatic carbocycles. The van der Waals surface area contributed by atoms with E-state index in [1.54, 1.807) is 26.0 Å². The maximum Gasteiger partial charge on any atom is 0.306 e. The number of aliphatic hydroxyl groups excluding tert-OH is 5. The molecule has 4 rings (SSSR count). The van der Waals surface area contributed by atoms with E-state index in [1.165, 1.54) is 21.1 Å². The fourth-order valence-electron chi connectivity index (χ4n) is 4.63. The Hall–Kier alpha value is -2.48. The third-order valence-electron chi connectivity index (χ3n) is 6.92. The van der Waals surface area contributed by atoms with Crippen LogP contribution in [0.2, 0.25) is 0 Å². The zero-order valence-electron chi connectivity index (χ0n) is 31.0. The van der Waals surface area contributed by atoms with Gasteiger partial charge in [0.05, 0.1) is 32.5 Å². The number of hydrogen-bond donors (Lipinski definition) is 6. The average molecular weight is 793 g/mol. The summed E-state index contributed by atoms with van der Waals surface area (Å²) >= 11 is 0. The maximum atomic E-state index is 10.6. The van der Waals surface area contributed by atoms with Crippen molar-refractivity contribution in [2.75, 3.05) is 53.5 Å². The molecule has 0 amide bonds. The molecule has 0 aliphatic carbocycles. The van der Waals surface area contributed by atoms with Crippen molar-refractivity contribution in [3.05, 3.63) is 23.7 Å². The number of esters is 1. The largest absolute Gasteiger partial charge is 0.466 e. The molecule has 6 N–H and O–H groups in total. The zero-order valence-corrected chi connectivity index (χ0v) is 31.8. The van der Waals surface area contributed by atoms with E-state index in [9.17, 15) is 43.2 Å². The summed E-state index contributed by atoms with van der Waals surface area (Å²) in [5.74, 6) is 0.763. The molecule has 4 unspecified atom stereocenters. The van der Waals surface area contributed by atoms with Crippen LogP contribution >= 0.6 is 0 Å². The molecule has 0 radical (unpaired) electrons. The van der Waals surface area contributed by atoms with Gasteiger partial charge in [-0.15, -0.1) is 0 Å². The number of ketones is 1. The number of Topliss-reactive ketones (excluding diaryl/α,β-unsaturated/α-hetero) is 1. The molecule has 2 bridgehead atoms. The van der Waals surface area contributed by atoms with Gasteiger partial charge in [-0.25, -0.2) is 0 Å². The Kier molecular flexibility index (Phi) is 25.9. The predicted molar refractivity (Wildman–Crippen MR) is 181 cm³/mol. The third kappa shape index (κ3) is 19.6. The predicted octanol–water partition coefficient (Wildman–Crippen LogP) is -0.993. The van der Waals surface area contributed by atoms with Crippen molar-refractivity contribution in [2.24, 2.45) is 0 Å². The monoisotopic (exact) mass is 792 g/mol. The van der Waals surface area contributed by atoms with Gasteiger partial charge in [0.25, 0.3) is 10.1 Å². The number of furan rings is 1. The number of methoxy groups -OCH3 is 2. The molecule has 10 atom stereocenters. The highest BCUT2D eigenvalue weighted by Gasteiger charge is 2.55. The Bertz CT molecular complexity index is 1250. The first-order valence-electron chi connectivity index (χ1n) is 16.5. The second kappa shape index (κ2) is 27.2. The Labute approximate surface area is 308 Å². The number of aliphatic hydroxyl groups is 5. The van der Waals surface area contributed by atoms with Crippen LogP contribution in [-0.4, -0.2) is 171 Å². The van der Waals surface area contributed by atoms with Gasteiger partial charge in [0.15, 0.2) is 24.6 Å². The number of fused-ring (bicyclic) bond motifs is 2. The van der Waals surface area contributed by atoms with Gasteiger partial charge in [-0.05, 0) is 39.8 Å². The van der Waals surface area contributed by atoms with Gasteiger partial charge < -0.3 is 72.6 Å². The SMILES string of the molecule is CCO.CCOC(=O)CCC(C)=O.CCOCc1ccc(C=O)o1.CO[C@@H]1O[C@@H]2COC(C1O)[C@@H]2O[C@@H]1OC(CO)[C@H](O)[C@H](OC)C1O.CS(=O)(=O)O. The molecule has 3 fully saturated rings. The van der Waals surface area contributed by atoms with Crippen molar-refractivity contribution in [3.8, 4) is 0 Å². The van der Waals surface area contributed by atoms with E-state index < -0.39 is 78.1 Å². The smallest absolute Gasteiger partial charge is 0.306 e. The van der Waals surface area contributed by atoms with E-state index in [-0.39, 0.29) is 31.4 Å². The Balaban J connectivity index is 0.000000775. The van der Waals surface area contributed by atoms with Crippen LogP contribution in [-0.2, 0) is 64.2 Å². The molecule has 0 spiro atoms. The average Bonchev–Trinajstić information content (AvgIpc) is 3.69. The standard InChI is InChI=1S/C14H24O10.C8H10O3.C7H12O3.C2H6O.CH4O3S/c1-19-11-7(16)5(3-15)22-14(8(11)17)24-10-6-4-21-12(10)9(18)13(20-2)23-6;1-2-10-6-8-4-3-7(5-9)11-8;1-3-10-7(9)5-4-6(2)8;1-2-3;1-5(2,3)4/h5-18H,3-4H2,1-2H3;3-5H,2,6H2,1H3;3-5H2,1-2H3;3H,2H2,1H3;1H3,(H,2,3,4)/t5?,6-,7+,8?,9?,10-,11+,12?,13-,14+;;;;/m1..../s1. The van der Waals surface area contributed by atoms with E-state index >= 15 is 0 Å². The lowest BCUT2D eigenvalue weighted by Gasteiger charge is -2.44.